The summed E-state index contributed by atoms with van der Waals surface area (Å²) in [6, 6.07) is 22.2. The average Bonchev–Trinajstić information content (AvgIpc) is 3.67. The third-order valence-electron chi connectivity index (χ3n) is 7.78. The number of aromatic nitrogens is 1. The molecule has 1 heterocycles. The minimum absolute atomic E-state index is 0.374. The van der Waals surface area contributed by atoms with E-state index in [9.17, 15) is 14.7 Å². The number of aryl methyl sites for hydroxylation is 3. The molecule has 2 aliphatic rings. The van der Waals surface area contributed by atoms with Crippen LogP contribution >= 0.6 is 11.5 Å². The maximum atomic E-state index is 12.8. The minimum Gasteiger partial charge on any atom is -0.481 e. The van der Waals surface area contributed by atoms with Gasteiger partial charge in [-0.05, 0) is 96.1 Å². The standard InChI is InChI=1S/C31H28N2O4S/c1-18-27(32-30(36)37-19(2)20-6-4-3-5-7-20)28(38-33-18)23-10-12-25-21(16-23)8-9-22-17-24(11-13-26(22)25)31(14-15-31)29(34)35/h3-7,10-13,16-17,19H,8-9,14-15H2,1-2H3,(H,32,36)(H,34,35). The monoisotopic (exact) mass is 524 g/mol. The number of hydrogen-bond acceptors (Lipinski definition) is 5. The number of amides is 1. The average molecular weight is 525 g/mol. The van der Waals surface area contributed by atoms with E-state index in [-0.39, 0.29) is 6.10 Å². The van der Waals surface area contributed by atoms with Gasteiger partial charge in [0.25, 0.3) is 0 Å². The third kappa shape index (κ3) is 4.27. The summed E-state index contributed by atoms with van der Waals surface area (Å²) in [5.41, 5.74) is 8.38. The van der Waals surface area contributed by atoms with Crippen LogP contribution in [0.15, 0.2) is 66.7 Å². The Morgan fingerprint density at radius 2 is 1.68 bits per heavy atom. The predicted molar refractivity (Wildman–Crippen MR) is 149 cm³/mol. The highest BCUT2D eigenvalue weighted by Gasteiger charge is 2.51. The van der Waals surface area contributed by atoms with E-state index in [0.717, 1.165) is 40.1 Å². The van der Waals surface area contributed by atoms with E-state index in [2.05, 4.69) is 40.0 Å². The van der Waals surface area contributed by atoms with Crippen molar-refractivity contribution >= 4 is 29.3 Å². The Morgan fingerprint density at radius 3 is 2.37 bits per heavy atom. The topological polar surface area (TPSA) is 88.5 Å². The van der Waals surface area contributed by atoms with Crippen molar-refractivity contribution in [2.75, 3.05) is 5.32 Å². The van der Waals surface area contributed by atoms with Gasteiger partial charge in [0, 0.05) is 0 Å². The summed E-state index contributed by atoms with van der Waals surface area (Å²) in [7, 11) is 0. The Balaban J connectivity index is 1.24. The Morgan fingerprint density at radius 1 is 1.00 bits per heavy atom. The Bertz CT molecular complexity index is 1560. The number of carbonyl (C=O) groups is 2. The number of nitrogens with one attached hydrogen (secondary N) is 1. The third-order valence-corrected chi connectivity index (χ3v) is 8.77. The van der Waals surface area contributed by atoms with Crippen LogP contribution in [0.2, 0.25) is 0 Å². The Labute approximate surface area is 225 Å². The fraction of sp³-hybridized carbons (Fsp3) is 0.258. The van der Waals surface area contributed by atoms with Crippen LogP contribution in [-0.4, -0.2) is 21.5 Å². The van der Waals surface area contributed by atoms with Crippen molar-refractivity contribution in [3.8, 4) is 21.6 Å². The molecule has 1 atom stereocenters. The second kappa shape index (κ2) is 9.40. The predicted octanol–water partition coefficient (Wildman–Crippen LogP) is 7.31. The van der Waals surface area contributed by atoms with Gasteiger partial charge in [0.05, 0.1) is 21.7 Å². The van der Waals surface area contributed by atoms with Crippen molar-refractivity contribution in [2.45, 2.75) is 51.0 Å². The molecule has 0 bridgehead atoms. The van der Waals surface area contributed by atoms with Crippen LogP contribution in [0, 0.1) is 6.92 Å². The van der Waals surface area contributed by atoms with Crippen LogP contribution in [0.1, 0.15) is 53.8 Å². The fourth-order valence-electron chi connectivity index (χ4n) is 5.38. The lowest BCUT2D eigenvalue weighted by Gasteiger charge is -2.23. The van der Waals surface area contributed by atoms with Gasteiger partial charge in [0.1, 0.15) is 6.10 Å². The first-order chi connectivity index (χ1) is 18.4. The number of hydrogen-bond donors (Lipinski definition) is 2. The molecule has 2 N–H and O–H groups in total. The van der Waals surface area contributed by atoms with Gasteiger partial charge in [-0.1, -0.05) is 60.7 Å². The molecule has 6 rings (SSSR count). The first-order valence-electron chi connectivity index (χ1n) is 12.8. The normalized spacial score (nSPS) is 15.6. The van der Waals surface area contributed by atoms with Gasteiger partial charge >= 0.3 is 12.1 Å². The summed E-state index contributed by atoms with van der Waals surface area (Å²) in [5, 5.41) is 12.6. The summed E-state index contributed by atoms with van der Waals surface area (Å²) in [6.45, 7) is 3.73. The smallest absolute Gasteiger partial charge is 0.412 e. The molecule has 192 valence electrons. The number of carbonyl (C=O) groups excluding carboxylic acids is 1. The van der Waals surface area contributed by atoms with Gasteiger partial charge < -0.3 is 9.84 Å². The first-order valence-corrected chi connectivity index (χ1v) is 13.6. The summed E-state index contributed by atoms with van der Waals surface area (Å²) in [5.74, 6) is -0.721. The second-order valence-corrected chi connectivity index (χ2v) is 11.0. The van der Waals surface area contributed by atoms with Crippen molar-refractivity contribution in [1.82, 2.24) is 4.37 Å². The molecule has 1 saturated carbocycles. The van der Waals surface area contributed by atoms with Gasteiger partial charge in [0.2, 0.25) is 0 Å². The Hall–Kier alpha value is -3.97. The number of anilines is 1. The molecule has 3 aromatic carbocycles. The summed E-state index contributed by atoms with van der Waals surface area (Å²) >= 11 is 1.36. The highest BCUT2D eigenvalue weighted by molar-refractivity contribution is 7.10. The number of benzene rings is 3. The molecule has 38 heavy (non-hydrogen) atoms. The zero-order chi connectivity index (χ0) is 26.4. The highest BCUT2D eigenvalue weighted by atomic mass is 32.1. The van der Waals surface area contributed by atoms with E-state index < -0.39 is 17.5 Å². The highest BCUT2D eigenvalue weighted by Crippen LogP contribution is 2.50. The van der Waals surface area contributed by atoms with Crippen LogP contribution in [0.5, 0.6) is 0 Å². The molecule has 0 aliphatic heterocycles. The van der Waals surface area contributed by atoms with Gasteiger partial charge in [-0.3, -0.25) is 10.1 Å². The number of aliphatic carboxylic acids is 1. The van der Waals surface area contributed by atoms with Gasteiger partial charge in [0.15, 0.2) is 0 Å². The molecule has 0 radical (unpaired) electrons. The number of ether oxygens (including phenoxy) is 1. The number of rotatable bonds is 6. The van der Waals surface area contributed by atoms with E-state index >= 15 is 0 Å². The van der Waals surface area contributed by atoms with Crippen molar-refractivity contribution in [2.24, 2.45) is 0 Å². The van der Waals surface area contributed by atoms with Gasteiger partial charge in [-0.15, -0.1) is 0 Å². The zero-order valence-corrected chi connectivity index (χ0v) is 22.1. The molecule has 2 aliphatic carbocycles. The minimum atomic E-state index is -0.721. The molecule has 7 heteroatoms. The van der Waals surface area contributed by atoms with Crippen molar-refractivity contribution in [1.29, 1.82) is 0 Å². The van der Waals surface area contributed by atoms with E-state index in [1.807, 2.05) is 50.2 Å². The number of fused-ring (bicyclic) bond motifs is 3. The first kappa shape index (κ1) is 24.4. The van der Waals surface area contributed by atoms with E-state index in [0.29, 0.717) is 18.5 Å². The second-order valence-electron chi connectivity index (χ2n) is 10.2. The largest absolute Gasteiger partial charge is 0.481 e. The van der Waals surface area contributed by atoms with Crippen LogP contribution in [0.3, 0.4) is 0 Å². The van der Waals surface area contributed by atoms with Gasteiger partial charge in [-0.2, -0.15) is 4.37 Å². The molecule has 0 spiro atoms. The Kier molecular flexibility index (Phi) is 6.03. The van der Waals surface area contributed by atoms with Crippen molar-refractivity contribution in [3.63, 3.8) is 0 Å². The summed E-state index contributed by atoms with van der Waals surface area (Å²) in [4.78, 5) is 25.4. The van der Waals surface area contributed by atoms with Crippen LogP contribution in [-0.2, 0) is 27.8 Å². The lowest BCUT2D eigenvalue weighted by atomic mass is 9.82. The number of carboxylic acid groups (broad SMARTS) is 1. The molecule has 6 nitrogen and oxygen atoms in total. The van der Waals surface area contributed by atoms with E-state index in [1.165, 1.54) is 33.8 Å². The van der Waals surface area contributed by atoms with E-state index in [4.69, 9.17) is 4.74 Å². The number of nitrogens with zero attached hydrogens (tertiary/aromatic N) is 1. The van der Waals surface area contributed by atoms with Crippen LogP contribution in [0.25, 0.3) is 21.6 Å². The van der Waals surface area contributed by atoms with E-state index in [1.54, 1.807) is 0 Å². The van der Waals surface area contributed by atoms with Crippen LogP contribution in [0.4, 0.5) is 10.5 Å². The molecular weight excluding hydrogens is 496 g/mol. The maximum absolute atomic E-state index is 12.8. The van der Waals surface area contributed by atoms with Crippen molar-refractivity contribution < 1.29 is 19.4 Å². The summed E-state index contributed by atoms with van der Waals surface area (Å²) < 4.78 is 10.1. The SMILES string of the molecule is Cc1nsc(-c2ccc3c(c2)CCc2cc(C4(C(=O)O)CC4)ccc2-3)c1NC(=O)OC(C)c1ccccc1. The summed E-state index contributed by atoms with van der Waals surface area (Å²) in [6.07, 6.45) is 2.28. The van der Waals surface area contributed by atoms with Gasteiger partial charge in [-0.25, -0.2) is 4.79 Å². The quantitative estimate of drug-likeness (QED) is 0.276. The van der Waals surface area contributed by atoms with Crippen LogP contribution < -0.4 is 5.32 Å². The molecule has 4 aromatic rings. The van der Waals surface area contributed by atoms with Crippen molar-refractivity contribution in [3.05, 3.63) is 94.7 Å². The zero-order valence-electron chi connectivity index (χ0n) is 21.3. The maximum Gasteiger partial charge on any atom is 0.412 e. The lowest BCUT2D eigenvalue weighted by molar-refractivity contribution is -0.140. The lowest BCUT2D eigenvalue weighted by Crippen LogP contribution is -2.20. The molecule has 1 aromatic heterocycles. The molecular formula is C31H28N2O4S. The molecule has 1 amide bonds. The molecule has 1 unspecified atom stereocenters. The molecule has 1 fully saturated rings. The number of carboxylic acids is 1. The molecule has 0 saturated heterocycles. The fourth-order valence-corrected chi connectivity index (χ4v) is 6.23.